The predicted molar refractivity (Wildman–Crippen MR) is 110 cm³/mol. The Morgan fingerprint density at radius 1 is 1.07 bits per heavy atom. The summed E-state index contributed by atoms with van der Waals surface area (Å²) in [6.07, 6.45) is -0.942. The number of benzene rings is 2. The number of rotatable bonds is 6. The number of hydrogen-bond donors (Lipinski definition) is 1. The van der Waals surface area contributed by atoms with Crippen molar-refractivity contribution in [2.45, 2.75) is 19.6 Å². The Bertz CT molecular complexity index is 1120. The number of aromatic nitrogens is 1. The van der Waals surface area contributed by atoms with Crippen molar-refractivity contribution in [1.29, 1.82) is 0 Å². The molecule has 0 bridgehead atoms. The van der Waals surface area contributed by atoms with E-state index in [1.807, 2.05) is 54.6 Å². The van der Waals surface area contributed by atoms with E-state index in [4.69, 9.17) is 9.15 Å². The molecule has 0 fully saturated rings. The van der Waals surface area contributed by atoms with Gasteiger partial charge in [-0.2, -0.15) is 0 Å². The molecule has 0 aliphatic carbocycles. The lowest BCUT2D eigenvalue weighted by Crippen LogP contribution is -2.35. The van der Waals surface area contributed by atoms with Gasteiger partial charge < -0.3 is 14.5 Å². The molecule has 0 radical (unpaired) electrons. The van der Waals surface area contributed by atoms with Gasteiger partial charge in [0.15, 0.2) is 16.9 Å². The van der Waals surface area contributed by atoms with Crippen LogP contribution in [0, 0.1) is 0 Å². The van der Waals surface area contributed by atoms with Gasteiger partial charge in [0.05, 0.1) is 10.2 Å². The molecule has 7 heteroatoms. The Kier molecular flexibility index (Phi) is 5.39. The maximum atomic E-state index is 12.3. The quantitative estimate of drug-likeness (QED) is 0.480. The van der Waals surface area contributed by atoms with Crippen LogP contribution < -0.4 is 5.32 Å². The van der Waals surface area contributed by atoms with Crippen molar-refractivity contribution >= 4 is 33.4 Å². The smallest absolute Gasteiger partial charge is 0.375 e. The van der Waals surface area contributed by atoms with E-state index in [-0.39, 0.29) is 11.7 Å². The van der Waals surface area contributed by atoms with Crippen LogP contribution in [0.1, 0.15) is 23.0 Å². The van der Waals surface area contributed by atoms with E-state index in [1.165, 1.54) is 24.3 Å². The molecule has 0 saturated heterocycles. The standard InChI is InChI=1S/C22H18N2O4S/c1-14(20(25)23-13-15-7-3-2-4-8-15)27-22(26)18-12-11-17(28-18)21-24-16-9-5-6-10-19(16)29-21/h2-12,14H,13H2,1H3,(H,23,25)/t14-/m1/s1. The van der Waals surface area contributed by atoms with E-state index in [0.717, 1.165) is 15.8 Å². The molecule has 4 aromatic rings. The van der Waals surface area contributed by atoms with E-state index in [0.29, 0.717) is 17.3 Å². The summed E-state index contributed by atoms with van der Waals surface area (Å²) in [7, 11) is 0. The zero-order chi connectivity index (χ0) is 20.2. The number of ether oxygens (including phenoxy) is 1. The first-order chi connectivity index (χ1) is 14.1. The van der Waals surface area contributed by atoms with Gasteiger partial charge in [-0.3, -0.25) is 4.79 Å². The molecule has 2 heterocycles. The van der Waals surface area contributed by atoms with Crippen LogP contribution in [0.3, 0.4) is 0 Å². The monoisotopic (exact) mass is 406 g/mol. The molecule has 6 nitrogen and oxygen atoms in total. The van der Waals surface area contributed by atoms with Crippen LogP contribution in [-0.2, 0) is 16.1 Å². The Balaban J connectivity index is 1.37. The molecule has 0 unspecified atom stereocenters. The lowest BCUT2D eigenvalue weighted by atomic mass is 10.2. The molecule has 0 aliphatic rings. The number of carbonyl (C=O) groups excluding carboxylic acids is 2. The van der Waals surface area contributed by atoms with E-state index in [1.54, 1.807) is 6.07 Å². The molecule has 0 spiro atoms. The number of furan rings is 1. The van der Waals surface area contributed by atoms with Gasteiger partial charge in [-0.25, -0.2) is 9.78 Å². The molecular weight excluding hydrogens is 388 g/mol. The van der Waals surface area contributed by atoms with E-state index >= 15 is 0 Å². The third kappa shape index (κ3) is 4.35. The maximum absolute atomic E-state index is 12.3. The fraction of sp³-hybridized carbons (Fsp3) is 0.136. The van der Waals surface area contributed by atoms with E-state index in [2.05, 4.69) is 10.3 Å². The van der Waals surface area contributed by atoms with Crippen molar-refractivity contribution in [3.05, 3.63) is 78.1 Å². The third-order valence-corrected chi connectivity index (χ3v) is 5.33. The molecule has 2 aromatic heterocycles. The second-order valence-electron chi connectivity index (χ2n) is 6.40. The predicted octanol–water partition coefficient (Wildman–Crippen LogP) is 4.42. The van der Waals surface area contributed by atoms with Crippen molar-refractivity contribution in [3.8, 4) is 10.8 Å². The fourth-order valence-corrected chi connectivity index (χ4v) is 3.67. The summed E-state index contributed by atoms with van der Waals surface area (Å²) in [5, 5.41) is 3.43. The molecule has 2 aromatic carbocycles. The minimum Gasteiger partial charge on any atom is -0.447 e. The number of fused-ring (bicyclic) bond motifs is 1. The number of nitrogens with zero attached hydrogens (tertiary/aromatic N) is 1. The Labute approximate surface area is 171 Å². The zero-order valence-corrected chi connectivity index (χ0v) is 16.4. The molecule has 1 atom stereocenters. The maximum Gasteiger partial charge on any atom is 0.375 e. The van der Waals surface area contributed by atoms with Crippen LogP contribution in [0.25, 0.3) is 21.0 Å². The number of thiazole rings is 1. The SMILES string of the molecule is C[C@@H](OC(=O)c1ccc(-c2nc3ccccc3s2)o1)C(=O)NCc1ccccc1. The number of carbonyl (C=O) groups is 2. The summed E-state index contributed by atoms with van der Waals surface area (Å²) in [6.45, 7) is 1.89. The molecule has 4 rings (SSSR count). The zero-order valence-electron chi connectivity index (χ0n) is 15.6. The van der Waals surface area contributed by atoms with Crippen molar-refractivity contribution in [2.75, 3.05) is 0 Å². The van der Waals surface area contributed by atoms with Crippen LogP contribution in [0.5, 0.6) is 0 Å². The fourth-order valence-electron chi connectivity index (χ4n) is 2.74. The van der Waals surface area contributed by atoms with Crippen molar-refractivity contribution in [3.63, 3.8) is 0 Å². The summed E-state index contributed by atoms with van der Waals surface area (Å²) in [5.41, 5.74) is 1.84. The second kappa shape index (κ2) is 8.28. The number of nitrogens with one attached hydrogen (secondary N) is 1. The number of amides is 1. The Hall–Kier alpha value is -3.45. The molecular formula is C22H18N2O4S. The van der Waals surface area contributed by atoms with Gasteiger partial charge in [-0.05, 0) is 36.8 Å². The second-order valence-corrected chi connectivity index (χ2v) is 7.43. The molecule has 0 aliphatic heterocycles. The van der Waals surface area contributed by atoms with Gasteiger partial charge in [-0.1, -0.05) is 42.5 Å². The summed E-state index contributed by atoms with van der Waals surface area (Å²) < 4.78 is 11.9. The van der Waals surface area contributed by atoms with E-state index < -0.39 is 12.1 Å². The van der Waals surface area contributed by atoms with Gasteiger partial charge in [0, 0.05) is 6.54 Å². The highest BCUT2D eigenvalue weighted by Gasteiger charge is 2.22. The first kappa shape index (κ1) is 18.9. The Morgan fingerprint density at radius 3 is 2.62 bits per heavy atom. The van der Waals surface area contributed by atoms with Crippen LogP contribution in [-0.4, -0.2) is 23.0 Å². The molecule has 29 heavy (non-hydrogen) atoms. The summed E-state index contributed by atoms with van der Waals surface area (Å²) in [4.78, 5) is 29.0. The molecule has 146 valence electrons. The third-order valence-electron chi connectivity index (χ3n) is 4.27. The summed E-state index contributed by atoms with van der Waals surface area (Å²) >= 11 is 1.48. The lowest BCUT2D eigenvalue weighted by molar-refractivity contribution is -0.129. The van der Waals surface area contributed by atoms with Crippen molar-refractivity contribution < 1.29 is 18.7 Å². The normalized spacial score (nSPS) is 11.9. The van der Waals surface area contributed by atoms with Gasteiger partial charge in [0.1, 0.15) is 0 Å². The first-order valence-electron chi connectivity index (χ1n) is 9.08. The topological polar surface area (TPSA) is 81.4 Å². The summed E-state index contributed by atoms with van der Waals surface area (Å²) in [5.74, 6) is -0.554. The van der Waals surface area contributed by atoms with Crippen molar-refractivity contribution in [1.82, 2.24) is 10.3 Å². The van der Waals surface area contributed by atoms with Gasteiger partial charge in [0.25, 0.3) is 5.91 Å². The number of esters is 1. The molecule has 0 saturated carbocycles. The van der Waals surface area contributed by atoms with Crippen molar-refractivity contribution in [2.24, 2.45) is 0 Å². The highest BCUT2D eigenvalue weighted by atomic mass is 32.1. The highest BCUT2D eigenvalue weighted by molar-refractivity contribution is 7.21. The van der Waals surface area contributed by atoms with Gasteiger partial charge >= 0.3 is 5.97 Å². The molecule has 1 N–H and O–H groups in total. The van der Waals surface area contributed by atoms with Crippen LogP contribution in [0.4, 0.5) is 0 Å². The number of para-hydroxylation sites is 1. The average Bonchev–Trinajstić information content (AvgIpc) is 3.39. The minimum atomic E-state index is -0.942. The minimum absolute atomic E-state index is 0.0296. The van der Waals surface area contributed by atoms with Crippen LogP contribution in [0.2, 0.25) is 0 Å². The van der Waals surface area contributed by atoms with Gasteiger partial charge in [-0.15, -0.1) is 11.3 Å². The van der Waals surface area contributed by atoms with E-state index in [9.17, 15) is 9.59 Å². The summed E-state index contributed by atoms with van der Waals surface area (Å²) in [6, 6.07) is 20.5. The van der Waals surface area contributed by atoms with Crippen LogP contribution in [0.15, 0.2) is 71.1 Å². The number of hydrogen-bond acceptors (Lipinski definition) is 6. The largest absolute Gasteiger partial charge is 0.447 e. The molecule has 1 amide bonds. The van der Waals surface area contributed by atoms with Gasteiger partial charge in [0.2, 0.25) is 5.76 Å². The Morgan fingerprint density at radius 2 is 1.83 bits per heavy atom. The van der Waals surface area contributed by atoms with Crippen LogP contribution >= 0.6 is 11.3 Å². The lowest BCUT2D eigenvalue weighted by Gasteiger charge is -2.12. The highest BCUT2D eigenvalue weighted by Crippen LogP contribution is 2.31. The average molecular weight is 406 g/mol. The first-order valence-corrected chi connectivity index (χ1v) is 9.90.